The van der Waals surface area contributed by atoms with Crippen molar-refractivity contribution in [3.63, 3.8) is 0 Å². The second kappa shape index (κ2) is 9.25. The van der Waals surface area contributed by atoms with E-state index in [1.807, 2.05) is 30.3 Å². The van der Waals surface area contributed by atoms with Gasteiger partial charge in [-0.3, -0.25) is 19.4 Å². The largest absolute Gasteiger partial charge is 0.465 e. The lowest BCUT2D eigenvalue weighted by Crippen LogP contribution is -2.41. The van der Waals surface area contributed by atoms with Crippen LogP contribution in [0.5, 0.6) is 0 Å². The molecule has 1 aliphatic rings. The van der Waals surface area contributed by atoms with Gasteiger partial charge in [0.25, 0.3) is 11.8 Å². The average Bonchev–Trinajstić information content (AvgIpc) is 3.39. The summed E-state index contributed by atoms with van der Waals surface area (Å²) in [5, 5.41) is 2.07. The number of hydrogen-bond donors (Lipinski definition) is 0. The Morgan fingerprint density at radius 1 is 0.879 bits per heavy atom. The standard InChI is InChI=1S/C24H20N2O6S/c1-31-23(29)19-18(15-8-4-3-5-9-15)14-33-22(19)26(24(30)32-2)13-12-25-20(27)16-10-6-7-11-17(16)21(25)28/h3-11,14H,12-13H2,1-2H3. The third-order valence-electron chi connectivity index (χ3n) is 5.31. The normalized spacial score (nSPS) is 12.5. The molecule has 0 saturated heterocycles. The van der Waals surface area contributed by atoms with E-state index in [-0.39, 0.29) is 18.7 Å². The van der Waals surface area contributed by atoms with Gasteiger partial charge in [-0.2, -0.15) is 0 Å². The van der Waals surface area contributed by atoms with Gasteiger partial charge in [0, 0.05) is 24.0 Å². The van der Waals surface area contributed by atoms with Crippen molar-refractivity contribution >= 4 is 40.2 Å². The van der Waals surface area contributed by atoms with Crippen molar-refractivity contribution in [1.82, 2.24) is 4.90 Å². The van der Waals surface area contributed by atoms with Crippen molar-refractivity contribution in [3.05, 3.63) is 76.7 Å². The van der Waals surface area contributed by atoms with Crippen molar-refractivity contribution in [2.45, 2.75) is 0 Å². The summed E-state index contributed by atoms with van der Waals surface area (Å²) in [6.45, 7) is -0.127. The van der Waals surface area contributed by atoms with Gasteiger partial charge in [0.2, 0.25) is 0 Å². The van der Waals surface area contributed by atoms with Gasteiger partial charge in [-0.1, -0.05) is 42.5 Å². The number of benzene rings is 2. The van der Waals surface area contributed by atoms with E-state index in [1.54, 1.807) is 29.6 Å². The molecule has 0 unspecified atom stereocenters. The first-order valence-corrected chi connectivity index (χ1v) is 10.9. The van der Waals surface area contributed by atoms with Gasteiger partial charge < -0.3 is 9.47 Å². The molecule has 168 valence electrons. The van der Waals surface area contributed by atoms with Crippen LogP contribution in [0.4, 0.5) is 9.80 Å². The number of esters is 1. The highest BCUT2D eigenvalue weighted by Crippen LogP contribution is 2.38. The van der Waals surface area contributed by atoms with Crippen LogP contribution in [0.15, 0.2) is 60.0 Å². The molecular formula is C24H20N2O6S. The summed E-state index contributed by atoms with van der Waals surface area (Å²) in [6, 6.07) is 15.8. The number of fused-ring (bicyclic) bond motifs is 1. The van der Waals surface area contributed by atoms with E-state index in [4.69, 9.17) is 9.47 Å². The molecule has 0 fully saturated rings. The van der Waals surface area contributed by atoms with Gasteiger partial charge in [0.1, 0.15) is 10.6 Å². The zero-order valence-corrected chi connectivity index (χ0v) is 18.8. The molecular weight excluding hydrogens is 444 g/mol. The third-order valence-corrected chi connectivity index (χ3v) is 6.31. The Balaban J connectivity index is 1.67. The minimum atomic E-state index is -0.724. The van der Waals surface area contributed by atoms with Crippen LogP contribution >= 0.6 is 11.3 Å². The number of nitrogens with zero attached hydrogens (tertiary/aromatic N) is 2. The number of methoxy groups -OCH3 is 2. The summed E-state index contributed by atoms with van der Waals surface area (Å²) >= 11 is 1.17. The fourth-order valence-corrected chi connectivity index (χ4v) is 4.79. The second-order valence-corrected chi connectivity index (χ2v) is 7.97. The second-order valence-electron chi connectivity index (χ2n) is 7.12. The lowest BCUT2D eigenvalue weighted by atomic mass is 10.0. The zero-order chi connectivity index (χ0) is 23.5. The Bertz CT molecular complexity index is 1200. The summed E-state index contributed by atoms with van der Waals surface area (Å²) in [5.74, 6) is -1.46. The van der Waals surface area contributed by atoms with E-state index in [0.717, 1.165) is 10.5 Å². The predicted octanol–water partition coefficient (Wildman–Crippen LogP) is 4.07. The van der Waals surface area contributed by atoms with Crippen LogP contribution < -0.4 is 4.90 Å². The molecule has 1 aliphatic heterocycles. The molecule has 0 N–H and O–H groups in total. The number of thiophene rings is 1. The number of amides is 3. The van der Waals surface area contributed by atoms with Crippen LogP contribution in [0, 0.1) is 0 Å². The molecule has 0 spiro atoms. The van der Waals surface area contributed by atoms with Crippen LogP contribution in [0.1, 0.15) is 31.1 Å². The van der Waals surface area contributed by atoms with Gasteiger partial charge in [-0.05, 0) is 17.7 Å². The van der Waals surface area contributed by atoms with Crippen LogP contribution in [-0.2, 0) is 9.47 Å². The van der Waals surface area contributed by atoms with Crippen LogP contribution in [0.2, 0.25) is 0 Å². The van der Waals surface area contributed by atoms with E-state index in [9.17, 15) is 19.2 Å². The molecule has 1 aromatic heterocycles. The fraction of sp³-hybridized carbons (Fsp3) is 0.167. The van der Waals surface area contributed by atoms with E-state index >= 15 is 0 Å². The zero-order valence-electron chi connectivity index (χ0n) is 17.9. The molecule has 2 aromatic carbocycles. The summed E-state index contributed by atoms with van der Waals surface area (Å²) in [6.07, 6.45) is -0.724. The van der Waals surface area contributed by atoms with Crippen molar-refractivity contribution < 1.29 is 28.7 Å². The van der Waals surface area contributed by atoms with Crippen molar-refractivity contribution in [1.29, 1.82) is 0 Å². The molecule has 0 atom stereocenters. The van der Waals surface area contributed by atoms with Crippen molar-refractivity contribution in [2.24, 2.45) is 0 Å². The number of rotatable bonds is 6. The van der Waals surface area contributed by atoms with E-state index in [0.29, 0.717) is 21.7 Å². The average molecular weight is 464 g/mol. The first kappa shape index (κ1) is 22.2. The summed E-state index contributed by atoms with van der Waals surface area (Å²) < 4.78 is 9.92. The molecule has 3 amide bonds. The first-order chi connectivity index (χ1) is 16.0. The highest BCUT2D eigenvalue weighted by Gasteiger charge is 2.36. The summed E-state index contributed by atoms with van der Waals surface area (Å²) in [7, 11) is 2.49. The van der Waals surface area contributed by atoms with Crippen LogP contribution in [0.3, 0.4) is 0 Å². The molecule has 0 aliphatic carbocycles. The summed E-state index contributed by atoms with van der Waals surface area (Å²) in [4.78, 5) is 53.1. The minimum Gasteiger partial charge on any atom is -0.465 e. The molecule has 3 aromatic rings. The van der Waals surface area contributed by atoms with Crippen LogP contribution in [-0.4, -0.2) is 56.1 Å². The molecule has 33 heavy (non-hydrogen) atoms. The Morgan fingerprint density at radius 2 is 1.48 bits per heavy atom. The Labute approximate surface area is 193 Å². The number of carbonyl (C=O) groups excluding carboxylic acids is 4. The number of carbonyl (C=O) groups is 4. The lowest BCUT2D eigenvalue weighted by molar-refractivity contribution is 0.0599. The van der Waals surface area contributed by atoms with E-state index < -0.39 is 23.9 Å². The Hall–Kier alpha value is -3.98. The number of ether oxygens (including phenoxy) is 2. The molecule has 0 bridgehead atoms. The minimum absolute atomic E-state index is 0.0587. The van der Waals surface area contributed by atoms with E-state index in [2.05, 4.69) is 0 Å². The maximum absolute atomic E-state index is 12.7. The smallest absolute Gasteiger partial charge is 0.414 e. The van der Waals surface area contributed by atoms with Crippen molar-refractivity contribution in [3.8, 4) is 11.1 Å². The van der Waals surface area contributed by atoms with Gasteiger partial charge in [-0.15, -0.1) is 11.3 Å². The number of anilines is 1. The quantitative estimate of drug-likeness (QED) is 0.403. The highest BCUT2D eigenvalue weighted by molar-refractivity contribution is 7.15. The lowest BCUT2D eigenvalue weighted by Gasteiger charge is -2.23. The van der Waals surface area contributed by atoms with Crippen molar-refractivity contribution in [2.75, 3.05) is 32.2 Å². The van der Waals surface area contributed by atoms with Gasteiger partial charge in [-0.25, -0.2) is 9.59 Å². The van der Waals surface area contributed by atoms with Gasteiger partial charge >= 0.3 is 12.1 Å². The van der Waals surface area contributed by atoms with E-state index in [1.165, 1.54) is 30.5 Å². The topological polar surface area (TPSA) is 93.2 Å². The predicted molar refractivity (Wildman–Crippen MR) is 123 cm³/mol. The Morgan fingerprint density at radius 3 is 2.06 bits per heavy atom. The van der Waals surface area contributed by atoms with Crippen LogP contribution in [0.25, 0.3) is 11.1 Å². The fourth-order valence-electron chi connectivity index (χ4n) is 3.70. The molecule has 0 radical (unpaired) electrons. The molecule has 9 heteroatoms. The maximum atomic E-state index is 12.7. The SMILES string of the molecule is COC(=O)c1c(-c2ccccc2)csc1N(CCN1C(=O)c2ccccc2C1=O)C(=O)OC. The number of hydrogen-bond acceptors (Lipinski definition) is 7. The van der Waals surface area contributed by atoms with Gasteiger partial charge in [0.05, 0.1) is 25.3 Å². The third kappa shape index (κ3) is 3.98. The molecule has 4 rings (SSSR count). The maximum Gasteiger partial charge on any atom is 0.414 e. The first-order valence-electron chi connectivity index (χ1n) is 10.0. The molecule has 2 heterocycles. The Kier molecular flexibility index (Phi) is 6.23. The van der Waals surface area contributed by atoms with Gasteiger partial charge in [0.15, 0.2) is 0 Å². The molecule has 0 saturated carbocycles. The highest BCUT2D eigenvalue weighted by atomic mass is 32.1. The summed E-state index contributed by atoms with van der Waals surface area (Å²) in [5.41, 5.74) is 2.25. The monoisotopic (exact) mass is 464 g/mol. The number of imide groups is 1. The molecule has 8 nitrogen and oxygen atoms in total.